The van der Waals surface area contributed by atoms with E-state index in [1.54, 1.807) is 0 Å². The summed E-state index contributed by atoms with van der Waals surface area (Å²) in [5, 5.41) is 0. The van der Waals surface area contributed by atoms with E-state index >= 15 is 0 Å². The van der Waals surface area contributed by atoms with Crippen molar-refractivity contribution >= 4 is 5.97 Å². The number of rotatable bonds is 4. The Morgan fingerprint density at radius 2 is 2.11 bits per heavy atom. The van der Waals surface area contributed by atoms with Gasteiger partial charge in [0, 0.05) is 13.1 Å². The molecule has 0 spiro atoms. The van der Waals surface area contributed by atoms with Crippen LogP contribution in [0.2, 0.25) is 0 Å². The van der Waals surface area contributed by atoms with E-state index in [1.807, 2.05) is 6.92 Å². The highest BCUT2D eigenvalue weighted by Gasteiger charge is 2.26. The minimum absolute atomic E-state index is 0.0314. The second kappa shape index (κ2) is 6.71. The van der Waals surface area contributed by atoms with Gasteiger partial charge in [-0.1, -0.05) is 29.8 Å². The number of carbonyl (C=O) groups excluding carboxylic acids is 1. The highest BCUT2D eigenvalue weighted by Crippen LogP contribution is 2.20. The zero-order valence-electron chi connectivity index (χ0n) is 11.9. The molecule has 1 atom stereocenters. The van der Waals surface area contributed by atoms with Crippen LogP contribution in [0.15, 0.2) is 24.3 Å². The van der Waals surface area contributed by atoms with Gasteiger partial charge in [-0.15, -0.1) is 0 Å². The average Bonchev–Trinajstić information content (AvgIpc) is 2.42. The zero-order valence-corrected chi connectivity index (χ0v) is 11.9. The molecule has 1 fully saturated rings. The largest absolute Gasteiger partial charge is 0.466 e. The van der Waals surface area contributed by atoms with Crippen molar-refractivity contribution in [3.05, 3.63) is 35.4 Å². The van der Waals surface area contributed by atoms with Crippen LogP contribution in [0.3, 0.4) is 0 Å². The second-order valence-corrected chi connectivity index (χ2v) is 5.31. The fraction of sp³-hybridized carbons (Fsp3) is 0.562. The standard InChI is InChI=1S/C16H23NO2/c1-3-19-16(18)15-5-4-10-17(12-15)11-14-8-6-13(2)7-9-14/h6-9,15H,3-5,10-12H2,1-2H3. The normalized spacial score (nSPS) is 20.2. The molecule has 0 N–H and O–H groups in total. The number of hydrogen-bond acceptors (Lipinski definition) is 3. The maximum Gasteiger partial charge on any atom is 0.310 e. The molecule has 0 aliphatic carbocycles. The topological polar surface area (TPSA) is 29.5 Å². The Morgan fingerprint density at radius 3 is 2.79 bits per heavy atom. The fourth-order valence-electron chi connectivity index (χ4n) is 2.60. The lowest BCUT2D eigenvalue weighted by molar-refractivity contribution is -0.150. The lowest BCUT2D eigenvalue weighted by atomic mass is 9.97. The molecule has 1 heterocycles. The second-order valence-electron chi connectivity index (χ2n) is 5.31. The zero-order chi connectivity index (χ0) is 13.7. The van der Waals surface area contributed by atoms with Crippen LogP contribution in [-0.2, 0) is 16.1 Å². The molecule has 2 rings (SSSR count). The number of nitrogens with zero attached hydrogens (tertiary/aromatic N) is 1. The Kier molecular flexibility index (Phi) is 4.97. The molecule has 1 aliphatic rings. The highest BCUT2D eigenvalue weighted by molar-refractivity contribution is 5.72. The summed E-state index contributed by atoms with van der Waals surface area (Å²) in [6.07, 6.45) is 2.04. The minimum Gasteiger partial charge on any atom is -0.466 e. The van der Waals surface area contributed by atoms with Crippen molar-refractivity contribution in [2.45, 2.75) is 33.2 Å². The Morgan fingerprint density at radius 1 is 1.37 bits per heavy atom. The molecule has 19 heavy (non-hydrogen) atoms. The summed E-state index contributed by atoms with van der Waals surface area (Å²) in [6, 6.07) is 8.62. The van der Waals surface area contributed by atoms with E-state index in [1.165, 1.54) is 11.1 Å². The summed E-state index contributed by atoms with van der Waals surface area (Å²) in [7, 11) is 0. The molecule has 0 bridgehead atoms. The summed E-state index contributed by atoms with van der Waals surface area (Å²) in [5.41, 5.74) is 2.60. The molecule has 1 unspecified atom stereocenters. The summed E-state index contributed by atoms with van der Waals surface area (Å²) in [6.45, 7) is 7.27. The average molecular weight is 261 g/mol. The first kappa shape index (κ1) is 14.1. The summed E-state index contributed by atoms with van der Waals surface area (Å²) in [4.78, 5) is 14.1. The Bertz CT molecular complexity index is 413. The van der Waals surface area contributed by atoms with E-state index in [9.17, 15) is 4.79 Å². The van der Waals surface area contributed by atoms with E-state index in [0.717, 1.165) is 32.5 Å². The van der Waals surface area contributed by atoms with Crippen LogP contribution in [0.25, 0.3) is 0 Å². The Balaban J connectivity index is 1.90. The van der Waals surface area contributed by atoms with Crippen molar-refractivity contribution in [2.24, 2.45) is 5.92 Å². The predicted molar refractivity (Wildman–Crippen MR) is 75.8 cm³/mol. The minimum atomic E-state index is -0.0314. The lowest BCUT2D eigenvalue weighted by Crippen LogP contribution is -2.38. The van der Waals surface area contributed by atoms with Gasteiger partial charge in [0.15, 0.2) is 0 Å². The number of carbonyl (C=O) groups is 1. The third-order valence-corrected chi connectivity index (χ3v) is 3.65. The van der Waals surface area contributed by atoms with Gasteiger partial charge in [0.05, 0.1) is 12.5 Å². The molecule has 1 aliphatic heterocycles. The van der Waals surface area contributed by atoms with Gasteiger partial charge in [-0.3, -0.25) is 9.69 Å². The summed E-state index contributed by atoms with van der Waals surface area (Å²) < 4.78 is 5.13. The van der Waals surface area contributed by atoms with Crippen molar-refractivity contribution in [1.29, 1.82) is 0 Å². The van der Waals surface area contributed by atoms with Gasteiger partial charge in [0.1, 0.15) is 0 Å². The number of hydrogen-bond donors (Lipinski definition) is 0. The van der Waals surface area contributed by atoms with Gasteiger partial charge < -0.3 is 4.74 Å². The van der Waals surface area contributed by atoms with Crippen LogP contribution in [0.5, 0.6) is 0 Å². The maximum absolute atomic E-state index is 11.8. The molecule has 0 amide bonds. The van der Waals surface area contributed by atoms with Gasteiger partial charge in [0.25, 0.3) is 0 Å². The summed E-state index contributed by atoms with van der Waals surface area (Å²) >= 11 is 0. The van der Waals surface area contributed by atoms with E-state index in [-0.39, 0.29) is 11.9 Å². The van der Waals surface area contributed by atoms with E-state index in [0.29, 0.717) is 6.61 Å². The van der Waals surface area contributed by atoms with Crippen molar-refractivity contribution < 1.29 is 9.53 Å². The number of esters is 1. The molecular weight excluding hydrogens is 238 g/mol. The number of benzene rings is 1. The Labute approximate surface area is 115 Å². The molecule has 3 heteroatoms. The third-order valence-electron chi connectivity index (χ3n) is 3.65. The van der Waals surface area contributed by atoms with Crippen LogP contribution < -0.4 is 0 Å². The number of ether oxygens (including phenoxy) is 1. The molecule has 0 saturated carbocycles. The molecular formula is C16H23NO2. The number of likely N-dealkylation sites (tertiary alicyclic amines) is 1. The van der Waals surface area contributed by atoms with Crippen molar-refractivity contribution in [2.75, 3.05) is 19.7 Å². The third kappa shape index (κ3) is 4.06. The molecule has 1 aromatic rings. The van der Waals surface area contributed by atoms with Gasteiger partial charge in [0.2, 0.25) is 0 Å². The van der Waals surface area contributed by atoms with Crippen molar-refractivity contribution in [3.8, 4) is 0 Å². The van der Waals surface area contributed by atoms with E-state index < -0.39 is 0 Å². The van der Waals surface area contributed by atoms with E-state index in [2.05, 4.69) is 36.1 Å². The number of aryl methyl sites for hydroxylation is 1. The first-order chi connectivity index (χ1) is 9.19. The Hall–Kier alpha value is -1.35. The van der Waals surface area contributed by atoms with Crippen molar-refractivity contribution in [1.82, 2.24) is 4.90 Å². The molecule has 3 nitrogen and oxygen atoms in total. The number of piperidine rings is 1. The monoisotopic (exact) mass is 261 g/mol. The van der Waals surface area contributed by atoms with Gasteiger partial charge in [-0.25, -0.2) is 0 Å². The molecule has 1 aromatic carbocycles. The quantitative estimate of drug-likeness (QED) is 0.781. The smallest absolute Gasteiger partial charge is 0.310 e. The SMILES string of the molecule is CCOC(=O)C1CCCN(Cc2ccc(C)cc2)C1. The van der Waals surface area contributed by atoms with Gasteiger partial charge >= 0.3 is 5.97 Å². The first-order valence-corrected chi connectivity index (χ1v) is 7.13. The first-order valence-electron chi connectivity index (χ1n) is 7.13. The van der Waals surface area contributed by atoms with Gasteiger partial charge in [-0.2, -0.15) is 0 Å². The van der Waals surface area contributed by atoms with Crippen LogP contribution in [0.4, 0.5) is 0 Å². The van der Waals surface area contributed by atoms with Crippen LogP contribution >= 0.6 is 0 Å². The highest BCUT2D eigenvalue weighted by atomic mass is 16.5. The maximum atomic E-state index is 11.8. The molecule has 0 aromatic heterocycles. The molecule has 0 radical (unpaired) electrons. The van der Waals surface area contributed by atoms with Gasteiger partial charge in [-0.05, 0) is 38.8 Å². The van der Waals surface area contributed by atoms with Crippen LogP contribution in [0, 0.1) is 12.8 Å². The molecule has 1 saturated heterocycles. The summed E-state index contributed by atoms with van der Waals surface area (Å²) in [5.74, 6) is 0.0234. The fourth-order valence-corrected chi connectivity index (χ4v) is 2.60. The van der Waals surface area contributed by atoms with E-state index in [4.69, 9.17) is 4.74 Å². The molecule has 104 valence electrons. The van der Waals surface area contributed by atoms with Crippen LogP contribution in [0.1, 0.15) is 30.9 Å². The lowest BCUT2D eigenvalue weighted by Gasteiger charge is -2.31. The van der Waals surface area contributed by atoms with Crippen LogP contribution in [-0.4, -0.2) is 30.6 Å². The van der Waals surface area contributed by atoms with Crippen molar-refractivity contribution in [3.63, 3.8) is 0 Å². The predicted octanol–water partition coefficient (Wildman–Crippen LogP) is 2.77.